The first kappa shape index (κ1) is 21.8. The quantitative estimate of drug-likeness (QED) is 0.589. The van der Waals surface area contributed by atoms with Gasteiger partial charge in [0.1, 0.15) is 0 Å². The van der Waals surface area contributed by atoms with Crippen LogP contribution in [0, 0.1) is 5.92 Å². The lowest BCUT2D eigenvalue weighted by atomic mass is 10.0. The maximum atomic E-state index is 12.4. The molecule has 1 aromatic heterocycles. The Bertz CT molecular complexity index is 738. The number of thioether (sulfide) groups is 1. The predicted molar refractivity (Wildman–Crippen MR) is 115 cm³/mol. The minimum Gasteiger partial charge on any atom is -0.349 e. The second-order valence-electron chi connectivity index (χ2n) is 6.35. The second-order valence-corrected chi connectivity index (χ2v) is 8.58. The number of amides is 2. The standard InChI is InChI=1S/C19H23N3O2S2.ClH/c20-11-14-3-1-4-16(14)22-19(24)13-6-8-15(9-7-13)21-17(23)12-26-18-5-2-10-25-18;/h2,5-10,14,16H,1,3-4,11-12,20H2,(H,21,23)(H,22,24);1H. The zero-order valence-corrected chi connectivity index (χ0v) is 17.3. The van der Waals surface area contributed by atoms with E-state index in [1.54, 1.807) is 35.6 Å². The molecule has 0 bridgehead atoms. The van der Waals surface area contributed by atoms with Gasteiger partial charge in [-0.3, -0.25) is 9.59 Å². The van der Waals surface area contributed by atoms with Crippen LogP contribution in [-0.4, -0.2) is 30.2 Å². The van der Waals surface area contributed by atoms with E-state index in [2.05, 4.69) is 10.6 Å². The summed E-state index contributed by atoms with van der Waals surface area (Å²) in [6.07, 6.45) is 3.18. The minimum absolute atomic E-state index is 0. The fourth-order valence-corrected chi connectivity index (χ4v) is 4.73. The molecule has 4 N–H and O–H groups in total. The first-order valence-corrected chi connectivity index (χ1v) is 10.6. The number of anilines is 1. The van der Waals surface area contributed by atoms with Crippen LogP contribution >= 0.6 is 35.5 Å². The molecule has 1 aliphatic rings. The normalized spacial score (nSPS) is 18.6. The van der Waals surface area contributed by atoms with Crippen molar-refractivity contribution in [3.63, 3.8) is 0 Å². The second kappa shape index (κ2) is 10.7. The van der Waals surface area contributed by atoms with Crippen LogP contribution in [0.2, 0.25) is 0 Å². The topological polar surface area (TPSA) is 84.2 Å². The fourth-order valence-electron chi connectivity index (χ4n) is 3.14. The minimum atomic E-state index is -0.0820. The van der Waals surface area contributed by atoms with Gasteiger partial charge in [-0.05, 0) is 61.0 Å². The summed E-state index contributed by atoms with van der Waals surface area (Å²) in [4.78, 5) is 24.4. The molecular weight excluding hydrogens is 402 g/mol. The third-order valence-electron chi connectivity index (χ3n) is 4.55. The molecule has 2 unspecified atom stereocenters. The van der Waals surface area contributed by atoms with E-state index in [0.29, 0.717) is 29.5 Å². The number of benzene rings is 1. The zero-order valence-electron chi connectivity index (χ0n) is 14.9. The summed E-state index contributed by atoms with van der Waals surface area (Å²) >= 11 is 3.14. The number of rotatable bonds is 7. The molecule has 2 atom stereocenters. The lowest BCUT2D eigenvalue weighted by Gasteiger charge is -2.19. The van der Waals surface area contributed by atoms with E-state index in [9.17, 15) is 9.59 Å². The molecule has 0 radical (unpaired) electrons. The van der Waals surface area contributed by atoms with Gasteiger partial charge in [0, 0.05) is 17.3 Å². The molecule has 3 rings (SSSR count). The number of thiophene rings is 1. The highest BCUT2D eigenvalue weighted by molar-refractivity contribution is 8.01. The van der Waals surface area contributed by atoms with Crippen LogP contribution in [0.15, 0.2) is 46.0 Å². The summed E-state index contributed by atoms with van der Waals surface area (Å²) in [5.41, 5.74) is 7.06. The van der Waals surface area contributed by atoms with Crippen LogP contribution in [0.25, 0.3) is 0 Å². The first-order valence-electron chi connectivity index (χ1n) is 8.73. The highest BCUT2D eigenvalue weighted by atomic mass is 35.5. The van der Waals surface area contributed by atoms with Crippen LogP contribution < -0.4 is 16.4 Å². The van der Waals surface area contributed by atoms with E-state index in [1.807, 2.05) is 17.5 Å². The van der Waals surface area contributed by atoms with Crippen LogP contribution in [0.4, 0.5) is 5.69 Å². The number of hydrogen-bond donors (Lipinski definition) is 3. The largest absolute Gasteiger partial charge is 0.349 e. The lowest BCUT2D eigenvalue weighted by molar-refractivity contribution is -0.113. The van der Waals surface area contributed by atoms with Gasteiger partial charge in [0.15, 0.2) is 0 Å². The number of nitrogens with two attached hydrogens (primary N) is 1. The SMILES string of the molecule is Cl.NCC1CCCC1NC(=O)c1ccc(NC(=O)CSc2cccs2)cc1. The number of halogens is 1. The zero-order chi connectivity index (χ0) is 18.4. The summed E-state index contributed by atoms with van der Waals surface area (Å²) < 4.78 is 1.12. The molecule has 0 saturated heterocycles. The van der Waals surface area contributed by atoms with Gasteiger partial charge in [0.05, 0.1) is 9.96 Å². The first-order chi connectivity index (χ1) is 12.7. The van der Waals surface area contributed by atoms with Gasteiger partial charge in [0.2, 0.25) is 5.91 Å². The van der Waals surface area contributed by atoms with Gasteiger partial charge < -0.3 is 16.4 Å². The lowest BCUT2D eigenvalue weighted by Crippen LogP contribution is -2.39. The molecule has 2 aromatic rings. The van der Waals surface area contributed by atoms with E-state index in [4.69, 9.17) is 5.73 Å². The number of carbonyl (C=O) groups is 2. The average Bonchev–Trinajstić information content (AvgIpc) is 3.32. The van der Waals surface area contributed by atoms with Gasteiger partial charge in [-0.1, -0.05) is 12.5 Å². The van der Waals surface area contributed by atoms with Gasteiger partial charge in [-0.15, -0.1) is 35.5 Å². The molecule has 8 heteroatoms. The van der Waals surface area contributed by atoms with Crippen molar-refractivity contribution in [3.8, 4) is 0 Å². The van der Waals surface area contributed by atoms with Crippen LogP contribution in [0.1, 0.15) is 29.6 Å². The van der Waals surface area contributed by atoms with Crippen molar-refractivity contribution in [2.45, 2.75) is 29.5 Å². The molecular formula is C19H24ClN3O2S2. The predicted octanol–water partition coefficient (Wildman–Crippen LogP) is 3.76. The Hall–Kier alpha value is -1.54. The number of hydrogen-bond acceptors (Lipinski definition) is 5. The average molecular weight is 426 g/mol. The highest BCUT2D eigenvalue weighted by Gasteiger charge is 2.27. The highest BCUT2D eigenvalue weighted by Crippen LogP contribution is 2.25. The number of nitrogens with one attached hydrogen (secondary N) is 2. The van der Waals surface area contributed by atoms with E-state index >= 15 is 0 Å². The molecule has 5 nitrogen and oxygen atoms in total. The Labute approximate surface area is 173 Å². The maximum absolute atomic E-state index is 12.4. The Morgan fingerprint density at radius 2 is 1.96 bits per heavy atom. The Balaban J connectivity index is 0.00000261. The molecule has 1 aromatic carbocycles. The Morgan fingerprint density at radius 1 is 1.19 bits per heavy atom. The van der Waals surface area contributed by atoms with Crippen molar-refractivity contribution in [3.05, 3.63) is 47.3 Å². The summed E-state index contributed by atoms with van der Waals surface area (Å²) in [5.74, 6) is 0.599. The van der Waals surface area contributed by atoms with Crippen molar-refractivity contribution < 1.29 is 9.59 Å². The molecule has 27 heavy (non-hydrogen) atoms. The Kier molecular flexibility index (Phi) is 8.63. The molecule has 0 spiro atoms. The monoisotopic (exact) mass is 425 g/mol. The van der Waals surface area contributed by atoms with E-state index in [0.717, 1.165) is 23.5 Å². The van der Waals surface area contributed by atoms with Crippen molar-refractivity contribution in [1.82, 2.24) is 5.32 Å². The van der Waals surface area contributed by atoms with Crippen LogP contribution in [0.5, 0.6) is 0 Å². The van der Waals surface area contributed by atoms with Crippen molar-refractivity contribution in [2.24, 2.45) is 11.7 Å². The molecule has 1 saturated carbocycles. The van der Waals surface area contributed by atoms with Gasteiger partial charge in [-0.25, -0.2) is 0 Å². The molecule has 146 valence electrons. The van der Waals surface area contributed by atoms with Crippen molar-refractivity contribution in [2.75, 3.05) is 17.6 Å². The molecule has 0 aliphatic heterocycles. The summed E-state index contributed by atoms with van der Waals surface area (Å²) in [5, 5.41) is 7.93. The molecule has 1 heterocycles. The fraction of sp³-hybridized carbons (Fsp3) is 0.368. The van der Waals surface area contributed by atoms with Crippen LogP contribution in [-0.2, 0) is 4.79 Å². The smallest absolute Gasteiger partial charge is 0.251 e. The summed E-state index contributed by atoms with van der Waals surface area (Å²) in [7, 11) is 0. The summed E-state index contributed by atoms with van der Waals surface area (Å²) in [6, 6.07) is 11.1. The van der Waals surface area contributed by atoms with Crippen molar-refractivity contribution >= 4 is 53.0 Å². The molecule has 1 aliphatic carbocycles. The summed E-state index contributed by atoms with van der Waals surface area (Å²) in [6.45, 7) is 0.611. The Morgan fingerprint density at radius 3 is 2.63 bits per heavy atom. The van der Waals surface area contributed by atoms with Crippen molar-refractivity contribution in [1.29, 1.82) is 0 Å². The van der Waals surface area contributed by atoms with E-state index in [-0.39, 0.29) is 30.3 Å². The third kappa shape index (κ3) is 6.24. The molecule has 2 amide bonds. The van der Waals surface area contributed by atoms with E-state index in [1.165, 1.54) is 11.8 Å². The van der Waals surface area contributed by atoms with Crippen LogP contribution in [0.3, 0.4) is 0 Å². The third-order valence-corrected chi connectivity index (χ3v) is 6.68. The molecule has 1 fully saturated rings. The van der Waals surface area contributed by atoms with Gasteiger partial charge in [0.25, 0.3) is 5.91 Å². The number of carbonyl (C=O) groups excluding carboxylic acids is 2. The van der Waals surface area contributed by atoms with Gasteiger partial charge >= 0.3 is 0 Å². The van der Waals surface area contributed by atoms with E-state index < -0.39 is 0 Å². The van der Waals surface area contributed by atoms with Gasteiger partial charge in [-0.2, -0.15) is 0 Å². The maximum Gasteiger partial charge on any atom is 0.251 e.